The summed E-state index contributed by atoms with van der Waals surface area (Å²) in [5.41, 5.74) is 17.1. The molecule has 2 aliphatic rings. The molecule has 0 N–H and O–H groups in total. The molecule has 349 valence electrons. The van der Waals surface area contributed by atoms with Crippen molar-refractivity contribution < 1.29 is 24.5 Å². The number of pyridine rings is 1. The minimum absolute atomic E-state index is 0. The molecule has 2 aliphatic heterocycles. The van der Waals surface area contributed by atoms with Crippen LogP contribution in [0.3, 0.4) is 0 Å². The zero-order valence-electron chi connectivity index (χ0n) is 40.4. The van der Waals surface area contributed by atoms with Gasteiger partial charge in [0.2, 0.25) is 0 Å². The molecule has 1 spiro atoms. The van der Waals surface area contributed by atoms with Crippen LogP contribution < -0.4 is 4.40 Å². The number of para-hydroxylation sites is 2. The van der Waals surface area contributed by atoms with Gasteiger partial charge in [0.15, 0.2) is 0 Å². The molecule has 12 rings (SSSR count). The number of rotatable bonds is 7. The summed E-state index contributed by atoms with van der Waals surface area (Å²) in [6.45, 7) is 9.07. The maximum absolute atomic E-state index is 9.53. The first kappa shape index (κ1) is 47.3. The number of benzene rings is 7. The quantitative estimate of drug-likeness (QED) is 0.118. The number of imidazole rings is 1. The second-order valence-corrected chi connectivity index (χ2v) is 29.4. The number of aromatic nitrogens is 3. The van der Waals surface area contributed by atoms with Crippen LogP contribution in [0, 0.1) is 23.5 Å². The van der Waals surface area contributed by atoms with Gasteiger partial charge in [-0.05, 0) is 81.6 Å². The molecule has 0 saturated carbocycles. The SMILES string of the molecule is CC(C)c1cc(-c2ccc(-c3ccccc3)cc2)cc(C(C)C)c1-n1c(-c2[c-]ccc3c2oc2cc(C#N)ccc23)nc2ccccc21.[Ir].[c-]1ccccc1-c1cc2[c](cn1)[Ge]1([CH2]CCC[CH2]1)[CH2]CC2. The van der Waals surface area contributed by atoms with Crippen molar-refractivity contribution in [2.24, 2.45) is 0 Å². The van der Waals surface area contributed by atoms with Crippen LogP contribution in [0.25, 0.3) is 83.6 Å². The van der Waals surface area contributed by atoms with Crippen LogP contribution in [0.1, 0.15) is 87.5 Å². The Morgan fingerprint density at radius 3 is 2.06 bits per heavy atom. The molecule has 0 unspecified atom stereocenters. The van der Waals surface area contributed by atoms with Gasteiger partial charge in [0.05, 0.1) is 34.1 Å². The van der Waals surface area contributed by atoms with E-state index in [0.29, 0.717) is 16.7 Å². The van der Waals surface area contributed by atoms with Crippen molar-refractivity contribution in [3.8, 4) is 56.7 Å². The number of fused-ring (bicyclic) bond motifs is 6. The Morgan fingerprint density at radius 1 is 0.657 bits per heavy atom. The second kappa shape index (κ2) is 20.2. The molecule has 1 radical (unpaired) electrons. The fourth-order valence-corrected chi connectivity index (χ4v) is 22.8. The first-order chi connectivity index (χ1) is 33.8. The van der Waals surface area contributed by atoms with Gasteiger partial charge in [0.1, 0.15) is 5.58 Å². The van der Waals surface area contributed by atoms with Crippen molar-refractivity contribution in [1.29, 1.82) is 5.26 Å². The van der Waals surface area contributed by atoms with Crippen molar-refractivity contribution in [1.82, 2.24) is 14.5 Å². The maximum atomic E-state index is 9.53. The Hall–Kier alpha value is -6.36. The molecule has 5 heterocycles. The summed E-state index contributed by atoms with van der Waals surface area (Å²) in [7, 11) is 0. The zero-order chi connectivity index (χ0) is 47.1. The summed E-state index contributed by atoms with van der Waals surface area (Å²) in [6.07, 6.45) is 9.39. The Balaban J connectivity index is 0.000000215. The number of hydrogen-bond acceptors (Lipinski definition) is 4. The first-order valence-electron chi connectivity index (χ1n) is 24.8. The number of nitriles is 1. The first-order valence-corrected chi connectivity index (χ1v) is 30.3. The molecule has 5 nitrogen and oxygen atoms in total. The number of furan rings is 1. The third kappa shape index (κ3) is 8.89. The van der Waals surface area contributed by atoms with Gasteiger partial charge in [-0.25, -0.2) is 0 Å². The number of nitrogens with zero attached hydrogens (tertiary/aromatic N) is 4. The third-order valence-corrected chi connectivity index (χ3v) is 26.4. The summed E-state index contributed by atoms with van der Waals surface area (Å²) in [4.78, 5) is 10.1. The van der Waals surface area contributed by atoms with Gasteiger partial charge in [-0.1, -0.05) is 111 Å². The van der Waals surface area contributed by atoms with Crippen molar-refractivity contribution in [2.45, 2.75) is 87.4 Å². The summed E-state index contributed by atoms with van der Waals surface area (Å²) in [5.74, 6) is 1.26. The van der Waals surface area contributed by atoms with Gasteiger partial charge >= 0.3 is 130 Å². The molecular weight excluding hydrogens is 1090 g/mol. The van der Waals surface area contributed by atoms with E-state index in [1.54, 1.807) is 31.8 Å². The van der Waals surface area contributed by atoms with Gasteiger partial charge < -0.3 is 8.98 Å². The Kier molecular flexibility index (Phi) is 13.6. The van der Waals surface area contributed by atoms with Crippen LogP contribution >= 0.6 is 0 Å². The monoisotopic (exact) mass is 1150 g/mol. The van der Waals surface area contributed by atoms with Crippen LogP contribution in [0.15, 0.2) is 162 Å². The molecule has 70 heavy (non-hydrogen) atoms. The van der Waals surface area contributed by atoms with Crippen molar-refractivity contribution in [2.75, 3.05) is 0 Å². The van der Waals surface area contributed by atoms with E-state index in [1.807, 2.05) is 42.5 Å². The van der Waals surface area contributed by atoms with Gasteiger partial charge in [-0.15, -0.1) is 18.2 Å². The summed E-state index contributed by atoms with van der Waals surface area (Å²) in [5, 5.41) is 16.2. The second-order valence-electron chi connectivity index (χ2n) is 19.7. The zero-order valence-corrected chi connectivity index (χ0v) is 44.8. The van der Waals surface area contributed by atoms with E-state index in [1.165, 1.54) is 65.5 Å². The molecule has 1 fully saturated rings. The molecule has 7 heteroatoms. The van der Waals surface area contributed by atoms with Crippen LogP contribution in [-0.2, 0) is 26.5 Å². The van der Waals surface area contributed by atoms with E-state index in [-0.39, 0.29) is 31.9 Å². The predicted molar refractivity (Wildman–Crippen MR) is 287 cm³/mol. The predicted octanol–water partition coefficient (Wildman–Crippen LogP) is 16.2. The Bertz CT molecular complexity index is 3500. The van der Waals surface area contributed by atoms with Gasteiger partial charge in [0.25, 0.3) is 0 Å². The summed E-state index contributed by atoms with van der Waals surface area (Å²) < 4.78 is 10.6. The molecule has 0 aliphatic carbocycles. The van der Waals surface area contributed by atoms with Gasteiger partial charge in [-0.2, -0.15) is 5.26 Å². The summed E-state index contributed by atoms with van der Waals surface area (Å²) >= 11 is -1.76. The van der Waals surface area contributed by atoms with E-state index < -0.39 is 13.3 Å². The van der Waals surface area contributed by atoms with Gasteiger partial charge in [-0.3, -0.25) is 4.98 Å². The molecule has 0 atom stereocenters. The van der Waals surface area contributed by atoms with E-state index in [9.17, 15) is 5.26 Å². The summed E-state index contributed by atoms with van der Waals surface area (Å²) in [6, 6.07) is 61.7. The molecule has 1 saturated heterocycles. The van der Waals surface area contributed by atoms with Crippen LogP contribution in [0.4, 0.5) is 0 Å². The molecule has 0 bridgehead atoms. The molecule has 7 aromatic carbocycles. The average molecular weight is 1150 g/mol. The van der Waals surface area contributed by atoms with Gasteiger partial charge in [0, 0.05) is 31.2 Å². The fourth-order valence-electron chi connectivity index (χ4n) is 11.2. The van der Waals surface area contributed by atoms with E-state index in [0.717, 1.165) is 50.1 Å². The fraction of sp³-hybridized carbons (Fsp3) is 0.222. The van der Waals surface area contributed by atoms with E-state index >= 15 is 0 Å². The molecular formula is C63H56GeIrN4O-2. The molecule has 0 amide bonds. The number of hydrogen-bond donors (Lipinski definition) is 0. The van der Waals surface area contributed by atoms with Crippen LogP contribution in [0.2, 0.25) is 15.8 Å². The van der Waals surface area contributed by atoms with Crippen LogP contribution in [0.5, 0.6) is 0 Å². The van der Waals surface area contributed by atoms with E-state index in [2.05, 4.69) is 160 Å². The molecule has 3 aromatic heterocycles. The average Bonchev–Trinajstić information content (AvgIpc) is 3.97. The molecule has 10 aromatic rings. The van der Waals surface area contributed by atoms with Crippen molar-refractivity contribution in [3.63, 3.8) is 0 Å². The Labute approximate surface area is 428 Å². The normalized spacial score (nSPS) is 14.1. The third-order valence-electron chi connectivity index (χ3n) is 14.8. The topological polar surface area (TPSA) is 67.6 Å². The van der Waals surface area contributed by atoms with Crippen LogP contribution in [-0.4, -0.2) is 27.8 Å². The Morgan fingerprint density at radius 2 is 1.34 bits per heavy atom. The van der Waals surface area contributed by atoms with Crippen molar-refractivity contribution in [3.05, 3.63) is 192 Å². The van der Waals surface area contributed by atoms with Crippen molar-refractivity contribution >= 4 is 50.6 Å². The van der Waals surface area contributed by atoms with E-state index in [4.69, 9.17) is 14.4 Å². The number of aryl methyl sites for hydroxylation is 1. The standard InChI is InChI=1S/C44H34N3O.C19H22GeN.Ir/c1-27(2)37-24-33(32-20-18-31(19-21-32)30-11-6-5-7-12-30)25-38(28(3)4)42(37)47-40-16-9-8-15-39(40)46-44(47)36-14-10-13-35-34-22-17-29(26-45)23-41(34)48-43(35)36;1-3-8-16(9-4-1)19-14-17-10-7-13-20(18(17)15-21-19)11-5-2-6-12-20;/h5-13,15-25,27-28H,1-4H3;1,3-4,8,14-15H,2,5-7,10-13H2;/q2*-1;. The minimum atomic E-state index is -1.76.